The van der Waals surface area contributed by atoms with Crippen molar-refractivity contribution in [1.29, 1.82) is 0 Å². The number of amides is 1. The van der Waals surface area contributed by atoms with Crippen molar-refractivity contribution in [2.24, 2.45) is 5.73 Å². The lowest BCUT2D eigenvalue weighted by molar-refractivity contribution is -0.116. The fourth-order valence-corrected chi connectivity index (χ4v) is 2.39. The quantitative estimate of drug-likeness (QED) is 0.901. The van der Waals surface area contributed by atoms with Crippen LogP contribution in [0.1, 0.15) is 4.88 Å². The summed E-state index contributed by atoms with van der Waals surface area (Å²) in [5, 5.41) is 1.97. The predicted molar refractivity (Wildman–Crippen MR) is 71.0 cm³/mol. The third-order valence-electron chi connectivity index (χ3n) is 2.47. The molecular weight excluding hydrogens is 251 g/mol. The second-order valence-corrected chi connectivity index (χ2v) is 4.91. The van der Waals surface area contributed by atoms with E-state index in [4.69, 9.17) is 5.73 Å². The van der Waals surface area contributed by atoms with E-state index in [1.54, 1.807) is 23.5 Å². The monoisotopic (exact) mass is 264 g/mol. The van der Waals surface area contributed by atoms with E-state index >= 15 is 0 Å². The zero-order valence-electron chi connectivity index (χ0n) is 9.67. The molecule has 0 aliphatic carbocycles. The van der Waals surface area contributed by atoms with Crippen LogP contribution in [0, 0.1) is 5.82 Å². The lowest BCUT2D eigenvalue weighted by Gasteiger charge is -2.22. The van der Waals surface area contributed by atoms with Gasteiger partial charge in [0.2, 0.25) is 5.91 Å². The molecule has 1 amide bonds. The third-order valence-corrected chi connectivity index (χ3v) is 3.33. The first-order valence-electron chi connectivity index (χ1n) is 5.46. The van der Waals surface area contributed by atoms with Crippen molar-refractivity contribution < 1.29 is 9.18 Å². The molecule has 0 spiro atoms. The highest BCUT2D eigenvalue weighted by molar-refractivity contribution is 7.09. The molecule has 0 aliphatic rings. The number of carbonyl (C=O) groups excluding carboxylic acids is 1. The van der Waals surface area contributed by atoms with Gasteiger partial charge in [0.15, 0.2) is 0 Å². The molecular formula is C13H13FN2OS. The van der Waals surface area contributed by atoms with Gasteiger partial charge < -0.3 is 10.6 Å². The molecule has 0 aliphatic heterocycles. The van der Waals surface area contributed by atoms with Crippen LogP contribution in [0.5, 0.6) is 0 Å². The normalized spacial score (nSPS) is 10.3. The standard InChI is InChI=1S/C13H13FN2OS/c14-10-3-5-11(6-4-10)16(9-13(15)17)8-12-2-1-7-18-12/h1-7H,8-9H2,(H2,15,17). The average Bonchev–Trinajstić information content (AvgIpc) is 2.81. The highest BCUT2D eigenvalue weighted by Gasteiger charge is 2.10. The molecule has 3 nitrogen and oxygen atoms in total. The van der Waals surface area contributed by atoms with E-state index in [9.17, 15) is 9.18 Å². The van der Waals surface area contributed by atoms with Gasteiger partial charge in [-0.3, -0.25) is 4.79 Å². The van der Waals surface area contributed by atoms with E-state index in [1.165, 1.54) is 12.1 Å². The predicted octanol–water partition coefficient (Wildman–Crippen LogP) is 2.38. The largest absolute Gasteiger partial charge is 0.368 e. The summed E-state index contributed by atoms with van der Waals surface area (Å²) in [5.74, 6) is -0.704. The Morgan fingerprint density at radius 1 is 1.28 bits per heavy atom. The number of rotatable bonds is 5. The van der Waals surface area contributed by atoms with Crippen LogP contribution in [0.25, 0.3) is 0 Å². The molecule has 0 bridgehead atoms. The Kier molecular flexibility index (Phi) is 3.94. The summed E-state index contributed by atoms with van der Waals surface area (Å²) in [6.45, 7) is 0.704. The molecule has 0 radical (unpaired) electrons. The van der Waals surface area contributed by atoms with Crippen LogP contribution in [0.4, 0.5) is 10.1 Å². The fraction of sp³-hybridized carbons (Fsp3) is 0.154. The Bertz CT molecular complexity index is 510. The molecule has 0 saturated heterocycles. The molecule has 2 N–H and O–H groups in total. The van der Waals surface area contributed by atoms with E-state index < -0.39 is 5.91 Å². The number of primary amides is 1. The lowest BCUT2D eigenvalue weighted by atomic mass is 10.2. The van der Waals surface area contributed by atoms with Crippen molar-refractivity contribution in [3.05, 3.63) is 52.5 Å². The molecule has 2 rings (SSSR count). The summed E-state index contributed by atoms with van der Waals surface area (Å²) in [4.78, 5) is 14.0. The first-order valence-corrected chi connectivity index (χ1v) is 6.34. The van der Waals surface area contributed by atoms with Crippen LogP contribution in [0.2, 0.25) is 0 Å². The van der Waals surface area contributed by atoms with Gasteiger partial charge in [-0.2, -0.15) is 0 Å². The SMILES string of the molecule is NC(=O)CN(Cc1cccs1)c1ccc(F)cc1. The van der Waals surface area contributed by atoms with Gasteiger partial charge in [0, 0.05) is 10.6 Å². The molecule has 0 fully saturated rings. The molecule has 1 heterocycles. The van der Waals surface area contributed by atoms with Gasteiger partial charge in [-0.15, -0.1) is 11.3 Å². The van der Waals surface area contributed by atoms with Gasteiger partial charge in [-0.05, 0) is 35.7 Å². The summed E-state index contributed by atoms with van der Waals surface area (Å²) >= 11 is 1.61. The number of carbonyl (C=O) groups is 1. The lowest BCUT2D eigenvalue weighted by Crippen LogP contribution is -2.33. The number of nitrogens with two attached hydrogens (primary N) is 1. The molecule has 0 unspecified atom stereocenters. The fourth-order valence-electron chi connectivity index (χ4n) is 1.67. The first kappa shape index (κ1) is 12.6. The maximum absolute atomic E-state index is 12.9. The summed E-state index contributed by atoms with van der Waals surface area (Å²) in [5.41, 5.74) is 6.02. The van der Waals surface area contributed by atoms with E-state index in [0.717, 1.165) is 10.6 Å². The highest BCUT2D eigenvalue weighted by Crippen LogP contribution is 2.19. The molecule has 5 heteroatoms. The first-order chi connectivity index (χ1) is 8.65. The number of nitrogens with zero attached hydrogens (tertiary/aromatic N) is 1. The highest BCUT2D eigenvalue weighted by atomic mass is 32.1. The Morgan fingerprint density at radius 2 is 2.00 bits per heavy atom. The Hall–Kier alpha value is -1.88. The van der Waals surface area contributed by atoms with Gasteiger partial charge in [-0.25, -0.2) is 4.39 Å². The number of anilines is 1. The van der Waals surface area contributed by atoms with E-state index in [0.29, 0.717) is 6.54 Å². The number of halogens is 1. The van der Waals surface area contributed by atoms with Crippen LogP contribution in [0.3, 0.4) is 0 Å². The molecule has 0 atom stereocenters. The van der Waals surface area contributed by atoms with Crippen molar-refractivity contribution in [1.82, 2.24) is 0 Å². The van der Waals surface area contributed by atoms with E-state index in [2.05, 4.69) is 0 Å². The summed E-state index contributed by atoms with van der Waals surface area (Å²) in [7, 11) is 0. The summed E-state index contributed by atoms with van der Waals surface area (Å²) in [6, 6.07) is 9.97. The van der Waals surface area contributed by atoms with Gasteiger partial charge in [0.25, 0.3) is 0 Å². The average molecular weight is 264 g/mol. The molecule has 0 saturated carbocycles. The molecule has 18 heavy (non-hydrogen) atoms. The van der Waals surface area contributed by atoms with Gasteiger partial charge in [0.1, 0.15) is 5.82 Å². The minimum atomic E-state index is -0.407. The number of thiophene rings is 1. The molecule has 1 aromatic carbocycles. The van der Waals surface area contributed by atoms with E-state index in [-0.39, 0.29) is 12.4 Å². The molecule has 2 aromatic rings. The van der Waals surface area contributed by atoms with E-state index in [1.807, 2.05) is 22.4 Å². The maximum atomic E-state index is 12.9. The van der Waals surface area contributed by atoms with Crippen LogP contribution in [-0.2, 0) is 11.3 Å². The number of hydrogen-bond donors (Lipinski definition) is 1. The number of hydrogen-bond acceptors (Lipinski definition) is 3. The number of benzene rings is 1. The van der Waals surface area contributed by atoms with Crippen molar-refractivity contribution in [2.45, 2.75) is 6.54 Å². The second kappa shape index (κ2) is 5.64. The van der Waals surface area contributed by atoms with Crippen molar-refractivity contribution in [2.75, 3.05) is 11.4 Å². The Labute approximate surface area is 109 Å². The topological polar surface area (TPSA) is 46.3 Å². The van der Waals surface area contributed by atoms with Crippen LogP contribution in [-0.4, -0.2) is 12.5 Å². The van der Waals surface area contributed by atoms with Gasteiger partial charge in [-0.1, -0.05) is 6.07 Å². The van der Waals surface area contributed by atoms with Crippen molar-refractivity contribution in [3.8, 4) is 0 Å². The van der Waals surface area contributed by atoms with Gasteiger partial charge >= 0.3 is 0 Å². The zero-order valence-corrected chi connectivity index (χ0v) is 10.5. The zero-order chi connectivity index (χ0) is 13.0. The van der Waals surface area contributed by atoms with Crippen LogP contribution < -0.4 is 10.6 Å². The minimum absolute atomic E-state index is 0.115. The Balaban J connectivity index is 2.19. The minimum Gasteiger partial charge on any atom is -0.368 e. The van der Waals surface area contributed by atoms with Gasteiger partial charge in [0.05, 0.1) is 13.1 Å². The second-order valence-electron chi connectivity index (χ2n) is 3.88. The summed E-state index contributed by atoms with van der Waals surface area (Å²) in [6.07, 6.45) is 0. The smallest absolute Gasteiger partial charge is 0.236 e. The Morgan fingerprint density at radius 3 is 2.56 bits per heavy atom. The molecule has 94 valence electrons. The van der Waals surface area contributed by atoms with Crippen LogP contribution in [0.15, 0.2) is 41.8 Å². The summed E-state index contributed by atoms with van der Waals surface area (Å²) < 4.78 is 12.9. The van der Waals surface area contributed by atoms with Crippen molar-refractivity contribution in [3.63, 3.8) is 0 Å². The molecule has 1 aromatic heterocycles. The van der Waals surface area contributed by atoms with Crippen molar-refractivity contribution >= 4 is 22.9 Å². The third kappa shape index (κ3) is 3.30. The maximum Gasteiger partial charge on any atom is 0.236 e. The van der Waals surface area contributed by atoms with Crippen LogP contribution >= 0.6 is 11.3 Å².